The number of allylic oxidation sites excluding steroid dienone is 2. The minimum Gasteiger partial charge on any atom is -0.298 e. The van der Waals surface area contributed by atoms with E-state index in [1.165, 1.54) is 23.3 Å². The normalized spacial score (nSPS) is 13.3. The summed E-state index contributed by atoms with van der Waals surface area (Å²) in [6, 6.07) is 7.80. The van der Waals surface area contributed by atoms with Crippen LogP contribution >= 0.6 is 11.8 Å². The van der Waals surface area contributed by atoms with Crippen LogP contribution < -0.4 is 0 Å². The molecular weight excluding hydrogens is 252 g/mol. The summed E-state index contributed by atoms with van der Waals surface area (Å²) in [7, 11) is 0. The Morgan fingerprint density at radius 2 is 2.21 bits per heavy atom. The van der Waals surface area contributed by atoms with Crippen molar-refractivity contribution in [2.45, 2.75) is 44.9 Å². The zero-order chi connectivity index (χ0) is 14.1. The average molecular weight is 276 g/mol. The number of thioether (sulfide) groups is 1. The van der Waals surface area contributed by atoms with Gasteiger partial charge in [0.15, 0.2) is 0 Å². The molecule has 0 saturated carbocycles. The van der Waals surface area contributed by atoms with Gasteiger partial charge in [-0.15, -0.1) is 11.8 Å². The van der Waals surface area contributed by atoms with E-state index in [4.69, 9.17) is 0 Å². The van der Waals surface area contributed by atoms with Crippen molar-refractivity contribution in [3.63, 3.8) is 0 Å². The van der Waals surface area contributed by atoms with Crippen LogP contribution in [0.2, 0.25) is 0 Å². The maximum atomic E-state index is 10.7. The Morgan fingerprint density at radius 1 is 1.42 bits per heavy atom. The molecule has 1 nitrogen and oxygen atoms in total. The van der Waals surface area contributed by atoms with Gasteiger partial charge in [-0.1, -0.05) is 44.1 Å². The molecule has 0 fully saturated rings. The van der Waals surface area contributed by atoms with Gasteiger partial charge in [-0.25, -0.2) is 0 Å². The van der Waals surface area contributed by atoms with E-state index in [9.17, 15) is 4.79 Å². The smallest absolute Gasteiger partial charge is 0.150 e. The number of carbonyl (C=O) groups excluding carboxylic acids is 1. The summed E-state index contributed by atoms with van der Waals surface area (Å²) in [6.07, 6.45) is 6.81. The highest BCUT2D eigenvalue weighted by Gasteiger charge is 2.00. The molecule has 0 radical (unpaired) electrons. The Labute approximate surface area is 121 Å². The Kier molecular flexibility index (Phi) is 7.57. The van der Waals surface area contributed by atoms with Crippen molar-refractivity contribution >= 4 is 18.0 Å². The molecule has 0 saturated heterocycles. The molecule has 0 aliphatic carbocycles. The van der Waals surface area contributed by atoms with Crippen LogP contribution in [-0.2, 0) is 0 Å². The molecule has 19 heavy (non-hydrogen) atoms. The van der Waals surface area contributed by atoms with Gasteiger partial charge in [0.1, 0.15) is 6.29 Å². The first kappa shape index (κ1) is 16.0. The van der Waals surface area contributed by atoms with Crippen molar-refractivity contribution in [3.8, 4) is 0 Å². The van der Waals surface area contributed by atoms with Gasteiger partial charge in [-0.05, 0) is 37.8 Å². The third kappa shape index (κ3) is 6.63. The maximum Gasteiger partial charge on any atom is 0.150 e. The fourth-order valence-corrected chi connectivity index (χ4v) is 2.80. The molecule has 1 aromatic carbocycles. The molecule has 0 heterocycles. The van der Waals surface area contributed by atoms with Crippen LogP contribution in [0.25, 0.3) is 0 Å². The predicted octanol–water partition coefficient (Wildman–Crippen LogP) is 5.36. The number of aldehydes is 1. The molecule has 1 unspecified atom stereocenters. The average Bonchev–Trinajstić information content (AvgIpc) is 2.43. The van der Waals surface area contributed by atoms with E-state index >= 15 is 0 Å². The van der Waals surface area contributed by atoms with Gasteiger partial charge in [0.25, 0.3) is 0 Å². The maximum absolute atomic E-state index is 10.7. The second-order valence-electron chi connectivity index (χ2n) is 5.10. The van der Waals surface area contributed by atoms with Crippen LogP contribution in [0.15, 0.2) is 40.8 Å². The number of rotatable bonds is 8. The number of carbonyl (C=O) groups is 1. The minimum absolute atomic E-state index is 0.758. The number of hydrogen-bond acceptors (Lipinski definition) is 2. The van der Waals surface area contributed by atoms with Gasteiger partial charge < -0.3 is 0 Å². The highest BCUT2D eigenvalue weighted by molar-refractivity contribution is 7.99. The van der Waals surface area contributed by atoms with Crippen LogP contribution in [-0.4, -0.2) is 12.0 Å². The summed E-state index contributed by atoms with van der Waals surface area (Å²) < 4.78 is 0. The lowest BCUT2D eigenvalue weighted by atomic mass is 9.99. The molecule has 0 spiro atoms. The second-order valence-corrected chi connectivity index (χ2v) is 6.26. The van der Waals surface area contributed by atoms with E-state index in [2.05, 4.69) is 32.9 Å². The van der Waals surface area contributed by atoms with E-state index in [0.29, 0.717) is 0 Å². The highest BCUT2D eigenvalue weighted by atomic mass is 32.2. The Hall–Kier alpha value is -1.02. The standard InChI is InChI=1S/C17H24OS/c1-4-14(2)11-15(3)7-6-10-19-17-9-5-8-16(12-17)13-18/h5,7-9,12-14H,4,6,10-11H2,1-3H3. The molecule has 0 aliphatic heterocycles. The van der Waals surface area contributed by atoms with Crippen LogP contribution in [0, 0.1) is 5.92 Å². The first-order valence-electron chi connectivity index (χ1n) is 6.99. The third-order valence-corrected chi connectivity index (χ3v) is 4.27. The first-order chi connectivity index (χ1) is 9.15. The van der Waals surface area contributed by atoms with E-state index in [-0.39, 0.29) is 0 Å². The quantitative estimate of drug-likeness (QED) is 0.275. The molecule has 104 valence electrons. The molecule has 0 bridgehead atoms. The summed E-state index contributed by atoms with van der Waals surface area (Å²) in [5.74, 6) is 1.85. The van der Waals surface area contributed by atoms with Gasteiger partial charge >= 0.3 is 0 Å². The SMILES string of the molecule is CCC(C)CC(C)=CCCSc1cccc(C=O)c1. The van der Waals surface area contributed by atoms with E-state index in [1.54, 1.807) is 0 Å². The number of hydrogen-bond donors (Lipinski definition) is 0. The lowest BCUT2D eigenvalue weighted by Crippen LogP contribution is -1.92. The summed E-state index contributed by atoms with van der Waals surface area (Å²) in [5.41, 5.74) is 2.25. The molecule has 0 N–H and O–H groups in total. The topological polar surface area (TPSA) is 17.1 Å². The molecule has 0 aliphatic rings. The van der Waals surface area contributed by atoms with Gasteiger partial charge in [-0.3, -0.25) is 4.79 Å². The van der Waals surface area contributed by atoms with Crippen molar-refractivity contribution in [2.24, 2.45) is 5.92 Å². The molecule has 2 heteroatoms. The molecular formula is C17H24OS. The Balaban J connectivity index is 2.33. The lowest BCUT2D eigenvalue weighted by Gasteiger charge is -2.08. The van der Waals surface area contributed by atoms with Gasteiger partial charge in [0.05, 0.1) is 0 Å². The molecule has 1 aromatic rings. The van der Waals surface area contributed by atoms with Crippen molar-refractivity contribution in [1.82, 2.24) is 0 Å². The lowest BCUT2D eigenvalue weighted by molar-refractivity contribution is 0.112. The van der Waals surface area contributed by atoms with E-state index in [1.807, 2.05) is 30.0 Å². The first-order valence-corrected chi connectivity index (χ1v) is 7.98. The summed E-state index contributed by atoms with van der Waals surface area (Å²) >= 11 is 1.81. The van der Waals surface area contributed by atoms with Crippen molar-refractivity contribution in [1.29, 1.82) is 0 Å². The highest BCUT2D eigenvalue weighted by Crippen LogP contribution is 2.20. The summed E-state index contributed by atoms with van der Waals surface area (Å²) in [6.45, 7) is 6.77. The van der Waals surface area contributed by atoms with Crippen LogP contribution in [0.5, 0.6) is 0 Å². The Morgan fingerprint density at radius 3 is 2.89 bits per heavy atom. The van der Waals surface area contributed by atoms with Crippen molar-refractivity contribution in [3.05, 3.63) is 41.5 Å². The van der Waals surface area contributed by atoms with Crippen LogP contribution in [0.1, 0.15) is 50.4 Å². The van der Waals surface area contributed by atoms with Crippen molar-refractivity contribution < 1.29 is 4.79 Å². The van der Waals surface area contributed by atoms with Crippen LogP contribution in [0.3, 0.4) is 0 Å². The van der Waals surface area contributed by atoms with Crippen LogP contribution in [0.4, 0.5) is 0 Å². The molecule has 1 atom stereocenters. The molecule has 0 amide bonds. The van der Waals surface area contributed by atoms with Crippen molar-refractivity contribution in [2.75, 3.05) is 5.75 Å². The zero-order valence-electron chi connectivity index (χ0n) is 12.2. The third-order valence-electron chi connectivity index (χ3n) is 3.24. The zero-order valence-corrected chi connectivity index (χ0v) is 13.0. The fraction of sp³-hybridized carbons (Fsp3) is 0.471. The number of benzene rings is 1. The summed E-state index contributed by atoms with van der Waals surface area (Å²) in [5, 5.41) is 0. The van der Waals surface area contributed by atoms with E-state index < -0.39 is 0 Å². The summed E-state index contributed by atoms with van der Waals surface area (Å²) in [4.78, 5) is 11.9. The largest absolute Gasteiger partial charge is 0.298 e. The van der Waals surface area contributed by atoms with E-state index in [0.717, 1.165) is 29.9 Å². The minimum atomic E-state index is 0.758. The Bertz CT molecular complexity index is 423. The monoisotopic (exact) mass is 276 g/mol. The molecule has 1 rings (SSSR count). The van der Waals surface area contributed by atoms with Gasteiger partial charge in [0, 0.05) is 16.2 Å². The predicted molar refractivity (Wildman–Crippen MR) is 85.0 cm³/mol. The molecule has 0 aromatic heterocycles. The fourth-order valence-electron chi connectivity index (χ4n) is 1.94. The van der Waals surface area contributed by atoms with Gasteiger partial charge in [-0.2, -0.15) is 0 Å². The van der Waals surface area contributed by atoms with Gasteiger partial charge in [0.2, 0.25) is 0 Å². The second kappa shape index (κ2) is 8.98.